The molecule has 3 aliphatic rings. The summed E-state index contributed by atoms with van der Waals surface area (Å²) in [7, 11) is 1.66. The number of ether oxygens (including phenoxy) is 2. The van der Waals surface area contributed by atoms with Crippen LogP contribution in [0.1, 0.15) is 77.8 Å². The van der Waals surface area contributed by atoms with Crippen molar-refractivity contribution in [1.82, 2.24) is 9.97 Å². The van der Waals surface area contributed by atoms with Crippen molar-refractivity contribution in [2.75, 3.05) is 18.6 Å². The Labute approximate surface area is 248 Å². The average Bonchev–Trinajstić information content (AvgIpc) is 3.45. The van der Waals surface area contributed by atoms with E-state index in [9.17, 15) is 8.78 Å². The van der Waals surface area contributed by atoms with Gasteiger partial charge in [-0.3, -0.25) is 4.99 Å². The van der Waals surface area contributed by atoms with E-state index in [1.807, 2.05) is 70.4 Å². The van der Waals surface area contributed by atoms with Crippen LogP contribution in [0.15, 0.2) is 71.1 Å². The minimum Gasteiger partial charge on any atom is -0.435 e. The second-order valence-corrected chi connectivity index (χ2v) is 12.2. The molecule has 2 aliphatic carbocycles. The molecule has 0 amide bonds. The molecule has 2 heterocycles. The second kappa shape index (κ2) is 11.7. The molecule has 42 heavy (non-hydrogen) atoms. The molecule has 0 N–H and O–H groups in total. The van der Waals surface area contributed by atoms with Gasteiger partial charge in [-0.1, -0.05) is 44.2 Å². The number of aliphatic imine (C=N–C) groups is 1. The quantitative estimate of drug-likeness (QED) is 0.212. The molecule has 2 aromatic rings. The van der Waals surface area contributed by atoms with E-state index in [4.69, 9.17) is 24.4 Å². The topological polar surface area (TPSA) is 59.8 Å². The van der Waals surface area contributed by atoms with Gasteiger partial charge >= 0.3 is 6.61 Å². The van der Waals surface area contributed by atoms with Gasteiger partial charge in [0.1, 0.15) is 11.4 Å². The van der Waals surface area contributed by atoms with Crippen molar-refractivity contribution < 1.29 is 18.3 Å². The van der Waals surface area contributed by atoms with Gasteiger partial charge in [-0.25, -0.2) is 9.97 Å². The van der Waals surface area contributed by atoms with Crippen LogP contribution in [0.25, 0.3) is 5.57 Å². The molecule has 6 nitrogen and oxygen atoms in total. The number of benzene rings is 1. The van der Waals surface area contributed by atoms with Crippen LogP contribution < -0.4 is 9.64 Å². The van der Waals surface area contributed by atoms with Gasteiger partial charge in [0.25, 0.3) is 0 Å². The molecule has 5 atom stereocenters. The first kappa shape index (κ1) is 30.1. The molecule has 5 rings (SSSR count). The van der Waals surface area contributed by atoms with Gasteiger partial charge in [0.05, 0.1) is 5.70 Å². The lowest BCUT2D eigenvalue weighted by molar-refractivity contribution is -0.0506. The number of rotatable bonds is 10. The second-order valence-electron chi connectivity index (χ2n) is 12.2. The Bertz CT molecular complexity index is 1430. The minimum absolute atomic E-state index is 0.154. The molecule has 1 saturated carbocycles. The number of nitrogens with zero attached hydrogens (tertiary/aromatic N) is 4. The van der Waals surface area contributed by atoms with Crippen molar-refractivity contribution in [2.24, 2.45) is 16.3 Å². The van der Waals surface area contributed by atoms with Crippen LogP contribution in [0.5, 0.6) is 5.75 Å². The van der Waals surface area contributed by atoms with E-state index in [0.717, 1.165) is 53.0 Å². The van der Waals surface area contributed by atoms with Crippen LogP contribution >= 0.6 is 0 Å². The van der Waals surface area contributed by atoms with E-state index in [1.54, 1.807) is 19.2 Å². The summed E-state index contributed by atoms with van der Waals surface area (Å²) in [4.78, 5) is 16.9. The minimum atomic E-state index is -2.89. The van der Waals surface area contributed by atoms with Crippen LogP contribution in [0.2, 0.25) is 0 Å². The van der Waals surface area contributed by atoms with E-state index in [1.165, 1.54) is 6.42 Å². The molecule has 0 bridgehead atoms. The molecule has 1 aliphatic heterocycles. The molecule has 3 unspecified atom stereocenters. The lowest BCUT2D eigenvalue weighted by atomic mass is 9.90. The first-order valence-corrected chi connectivity index (χ1v) is 14.8. The van der Waals surface area contributed by atoms with Gasteiger partial charge in [0.15, 0.2) is 0 Å². The Hall–Kier alpha value is -3.39. The third-order valence-electron chi connectivity index (χ3n) is 9.68. The normalized spacial score (nSPS) is 29.7. The molecule has 2 fully saturated rings. The Morgan fingerprint density at radius 3 is 2.52 bits per heavy atom. The third kappa shape index (κ3) is 5.53. The Kier molecular flexibility index (Phi) is 8.39. The number of piperidine rings is 1. The Balaban J connectivity index is 1.35. The highest BCUT2D eigenvalue weighted by molar-refractivity contribution is 5.96. The molecule has 1 aromatic heterocycles. The molecule has 224 valence electrons. The van der Waals surface area contributed by atoms with Crippen LogP contribution in [0.4, 0.5) is 14.7 Å². The molecule has 0 radical (unpaired) electrons. The van der Waals surface area contributed by atoms with Crippen LogP contribution in [-0.4, -0.2) is 47.6 Å². The fourth-order valence-electron chi connectivity index (χ4n) is 7.11. The SMILES string of the molecule is C/C=C(\C=C/C(C)=NC1=C(C)[C@@H](c2ccccc2OC(F)F)CC1(C)OC)c1cnc(N2C[C@@H]3CC3(C)C2CC)nc1. The van der Waals surface area contributed by atoms with Crippen molar-refractivity contribution in [1.29, 1.82) is 0 Å². The maximum Gasteiger partial charge on any atom is 0.387 e. The molecular formula is C34H42F2N4O2. The van der Waals surface area contributed by atoms with Crippen molar-refractivity contribution in [3.05, 3.63) is 77.3 Å². The predicted octanol–water partition coefficient (Wildman–Crippen LogP) is 7.99. The predicted molar refractivity (Wildman–Crippen MR) is 164 cm³/mol. The van der Waals surface area contributed by atoms with Gasteiger partial charge in [0.2, 0.25) is 5.95 Å². The number of alkyl halides is 2. The first-order chi connectivity index (χ1) is 20.0. The summed E-state index contributed by atoms with van der Waals surface area (Å²) in [5, 5.41) is 0. The Morgan fingerprint density at radius 1 is 1.17 bits per heavy atom. The number of fused-ring (bicyclic) bond motifs is 1. The summed E-state index contributed by atoms with van der Waals surface area (Å²) in [6.07, 6.45) is 12.8. The zero-order chi connectivity index (χ0) is 30.2. The maximum absolute atomic E-state index is 13.1. The zero-order valence-corrected chi connectivity index (χ0v) is 25.7. The van der Waals surface area contributed by atoms with E-state index in [2.05, 4.69) is 18.7 Å². The number of aromatic nitrogens is 2. The number of halogens is 2. The fourth-order valence-corrected chi connectivity index (χ4v) is 7.11. The summed E-state index contributed by atoms with van der Waals surface area (Å²) in [5.74, 6) is 1.60. The van der Waals surface area contributed by atoms with Gasteiger partial charge in [-0.05, 0) is 81.6 Å². The average molecular weight is 577 g/mol. The van der Waals surface area contributed by atoms with E-state index in [0.29, 0.717) is 23.4 Å². The molecule has 1 saturated heterocycles. The largest absolute Gasteiger partial charge is 0.435 e. The number of para-hydroxylation sites is 1. The van der Waals surface area contributed by atoms with Gasteiger partial charge in [-0.15, -0.1) is 0 Å². The summed E-state index contributed by atoms with van der Waals surface area (Å²) in [6, 6.07) is 7.46. The van der Waals surface area contributed by atoms with Gasteiger partial charge < -0.3 is 14.4 Å². The lowest BCUT2D eigenvalue weighted by Gasteiger charge is -2.29. The van der Waals surface area contributed by atoms with E-state index in [-0.39, 0.29) is 11.7 Å². The van der Waals surface area contributed by atoms with Gasteiger partial charge in [-0.2, -0.15) is 8.78 Å². The molecule has 8 heteroatoms. The molecule has 1 aromatic carbocycles. The van der Waals surface area contributed by atoms with Crippen LogP contribution in [-0.2, 0) is 4.74 Å². The van der Waals surface area contributed by atoms with Crippen molar-refractivity contribution in [3.8, 4) is 5.75 Å². The standard InChI is InChI=1S/C34H42F2N4O2/c1-8-23(24-18-37-32(38-19-24)40-20-25-16-33(25,5)29(40)9-2)15-14-21(3)39-30-22(4)27(17-34(30,6)41-7)26-12-10-11-13-28(26)42-31(35)36/h8,10-15,18-19,25,27,29,31H,9,16-17,20H2,1-7H3/b15-14-,23-8+,39-21?/t25-,27-,29?,33?,34?/m0/s1. The number of hydrogen-bond donors (Lipinski definition) is 0. The lowest BCUT2D eigenvalue weighted by Crippen LogP contribution is -2.36. The number of anilines is 1. The number of methoxy groups -OCH3 is 1. The van der Waals surface area contributed by atoms with Crippen molar-refractivity contribution in [2.45, 2.75) is 85.0 Å². The molecule has 0 spiro atoms. The highest BCUT2D eigenvalue weighted by Crippen LogP contribution is 2.62. The first-order valence-electron chi connectivity index (χ1n) is 14.8. The number of hydrogen-bond acceptors (Lipinski definition) is 6. The smallest absolute Gasteiger partial charge is 0.387 e. The summed E-state index contributed by atoms with van der Waals surface area (Å²) >= 11 is 0. The van der Waals surface area contributed by atoms with Crippen molar-refractivity contribution in [3.63, 3.8) is 0 Å². The van der Waals surface area contributed by atoms with Crippen LogP contribution in [0, 0.1) is 11.3 Å². The summed E-state index contributed by atoms with van der Waals surface area (Å²) < 4.78 is 37.0. The third-order valence-corrected chi connectivity index (χ3v) is 9.68. The highest BCUT2D eigenvalue weighted by Gasteiger charge is 2.62. The summed E-state index contributed by atoms with van der Waals surface area (Å²) in [5.41, 5.74) is 5.00. The van der Waals surface area contributed by atoms with Gasteiger partial charge in [0, 0.05) is 54.8 Å². The maximum atomic E-state index is 13.1. The summed E-state index contributed by atoms with van der Waals surface area (Å²) in [6.45, 7) is 10.7. The zero-order valence-electron chi connectivity index (χ0n) is 25.7. The van der Waals surface area contributed by atoms with E-state index >= 15 is 0 Å². The van der Waals surface area contributed by atoms with Crippen molar-refractivity contribution >= 4 is 17.2 Å². The highest BCUT2D eigenvalue weighted by atomic mass is 19.3. The van der Waals surface area contributed by atoms with Crippen LogP contribution in [0.3, 0.4) is 0 Å². The fraction of sp³-hybridized carbons (Fsp3) is 0.500. The molecular weight excluding hydrogens is 534 g/mol. The Morgan fingerprint density at radius 2 is 1.88 bits per heavy atom. The van der Waals surface area contributed by atoms with E-state index < -0.39 is 12.2 Å². The number of allylic oxidation sites excluding steroid dienone is 5. The monoisotopic (exact) mass is 576 g/mol.